The number of esters is 1. The second kappa shape index (κ2) is 7.56. The summed E-state index contributed by atoms with van der Waals surface area (Å²) in [7, 11) is -2.94. The molecule has 1 heterocycles. The van der Waals surface area contributed by atoms with Gasteiger partial charge in [0.15, 0.2) is 9.84 Å². The van der Waals surface area contributed by atoms with Crippen LogP contribution in [-0.2, 0) is 19.4 Å². The summed E-state index contributed by atoms with van der Waals surface area (Å²) in [6, 6.07) is 0.134. The lowest BCUT2D eigenvalue weighted by Gasteiger charge is -2.35. The zero-order valence-corrected chi connectivity index (χ0v) is 14.3. The molecule has 0 amide bonds. The van der Waals surface area contributed by atoms with Gasteiger partial charge in [0, 0.05) is 19.1 Å². The number of hydrogen-bond donors (Lipinski definition) is 1. The van der Waals surface area contributed by atoms with Crippen LogP contribution in [0.5, 0.6) is 0 Å². The van der Waals surface area contributed by atoms with E-state index >= 15 is 0 Å². The van der Waals surface area contributed by atoms with E-state index in [1.807, 2.05) is 25.7 Å². The van der Waals surface area contributed by atoms with E-state index in [-0.39, 0.29) is 23.5 Å². The van der Waals surface area contributed by atoms with Crippen molar-refractivity contribution < 1.29 is 17.9 Å². The van der Waals surface area contributed by atoms with E-state index in [4.69, 9.17) is 4.74 Å². The molecule has 0 radical (unpaired) electrons. The maximum absolute atomic E-state index is 12.3. The quantitative estimate of drug-likeness (QED) is 0.715. The minimum Gasteiger partial charge on any atom is -0.465 e. The SMILES string of the molecule is CCOC(=O)C(C)(CN1CCCS(=O)(=O)CC1)NC(C)C. The summed E-state index contributed by atoms with van der Waals surface area (Å²) < 4.78 is 28.5. The van der Waals surface area contributed by atoms with E-state index < -0.39 is 15.4 Å². The fraction of sp³-hybridized carbons (Fsp3) is 0.929. The van der Waals surface area contributed by atoms with Crippen LogP contribution in [0.3, 0.4) is 0 Å². The summed E-state index contributed by atoms with van der Waals surface area (Å²) in [6.45, 7) is 9.51. The third-order valence-electron chi connectivity index (χ3n) is 3.52. The van der Waals surface area contributed by atoms with E-state index in [0.29, 0.717) is 32.7 Å². The molecule has 1 saturated heterocycles. The van der Waals surface area contributed by atoms with Crippen LogP contribution < -0.4 is 5.32 Å². The zero-order valence-electron chi connectivity index (χ0n) is 13.5. The molecule has 0 bridgehead atoms. The predicted octanol–water partition coefficient (Wildman–Crippen LogP) is 0.427. The molecule has 6 nitrogen and oxygen atoms in total. The van der Waals surface area contributed by atoms with Crippen molar-refractivity contribution in [2.45, 2.75) is 45.7 Å². The highest BCUT2D eigenvalue weighted by Crippen LogP contribution is 2.14. The summed E-state index contributed by atoms with van der Waals surface area (Å²) in [4.78, 5) is 14.3. The first-order valence-electron chi connectivity index (χ1n) is 7.56. The molecule has 7 heteroatoms. The molecule has 1 aliphatic rings. The van der Waals surface area contributed by atoms with E-state index in [1.54, 1.807) is 6.92 Å². The van der Waals surface area contributed by atoms with E-state index in [1.165, 1.54) is 0 Å². The van der Waals surface area contributed by atoms with Gasteiger partial charge in [-0.15, -0.1) is 0 Å². The maximum atomic E-state index is 12.3. The van der Waals surface area contributed by atoms with Gasteiger partial charge in [-0.2, -0.15) is 0 Å². The number of carbonyl (C=O) groups is 1. The van der Waals surface area contributed by atoms with Crippen molar-refractivity contribution in [3.63, 3.8) is 0 Å². The third kappa shape index (κ3) is 5.92. The highest BCUT2D eigenvalue weighted by molar-refractivity contribution is 7.91. The molecular weight excluding hydrogens is 292 g/mol. The molecule has 1 atom stereocenters. The van der Waals surface area contributed by atoms with Crippen LogP contribution in [0.1, 0.15) is 34.1 Å². The van der Waals surface area contributed by atoms with Gasteiger partial charge < -0.3 is 4.74 Å². The van der Waals surface area contributed by atoms with Crippen LogP contribution in [0.4, 0.5) is 0 Å². The average molecular weight is 320 g/mol. The van der Waals surface area contributed by atoms with Gasteiger partial charge in [-0.05, 0) is 40.7 Å². The van der Waals surface area contributed by atoms with Crippen molar-refractivity contribution in [3.05, 3.63) is 0 Å². The van der Waals surface area contributed by atoms with Gasteiger partial charge in [0.2, 0.25) is 0 Å². The van der Waals surface area contributed by atoms with Crippen LogP contribution in [-0.4, -0.2) is 68.6 Å². The maximum Gasteiger partial charge on any atom is 0.327 e. The number of sulfone groups is 1. The topological polar surface area (TPSA) is 75.7 Å². The fourth-order valence-corrected chi connectivity index (χ4v) is 4.00. The third-order valence-corrected chi connectivity index (χ3v) is 5.24. The Balaban J connectivity index is 2.78. The summed E-state index contributed by atoms with van der Waals surface area (Å²) in [6.07, 6.45) is 0.614. The highest BCUT2D eigenvalue weighted by atomic mass is 32.2. The average Bonchev–Trinajstić information content (AvgIpc) is 2.50. The summed E-state index contributed by atoms with van der Waals surface area (Å²) in [5.74, 6) is 0.107. The number of ether oxygens (including phenoxy) is 1. The van der Waals surface area contributed by atoms with Crippen LogP contribution in [0.2, 0.25) is 0 Å². The van der Waals surface area contributed by atoms with E-state index in [0.717, 1.165) is 0 Å². The van der Waals surface area contributed by atoms with Gasteiger partial charge in [0.1, 0.15) is 5.54 Å². The standard InChI is InChI=1S/C14H28N2O4S/c1-5-20-13(17)14(4,15-12(2)3)11-16-7-6-9-21(18,19)10-8-16/h12,15H,5-11H2,1-4H3. The second-order valence-electron chi connectivity index (χ2n) is 6.13. The Morgan fingerprint density at radius 2 is 2.00 bits per heavy atom. The molecular formula is C14H28N2O4S. The summed E-state index contributed by atoms with van der Waals surface area (Å²) in [5, 5.41) is 3.26. The second-order valence-corrected chi connectivity index (χ2v) is 8.44. The molecule has 1 N–H and O–H groups in total. The number of rotatable bonds is 6. The van der Waals surface area contributed by atoms with Gasteiger partial charge in [0.05, 0.1) is 18.1 Å². The Bertz CT molecular complexity index is 450. The Morgan fingerprint density at radius 3 is 2.57 bits per heavy atom. The van der Waals surface area contributed by atoms with Crippen molar-refractivity contribution in [2.75, 3.05) is 37.7 Å². The zero-order chi connectivity index (χ0) is 16.1. The number of nitrogens with zero attached hydrogens (tertiary/aromatic N) is 1. The van der Waals surface area contributed by atoms with Crippen molar-refractivity contribution in [2.24, 2.45) is 0 Å². The normalized spacial score (nSPS) is 22.5. The van der Waals surface area contributed by atoms with E-state index in [2.05, 4.69) is 5.32 Å². The van der Waals surface area contributed by atoms with Gasteiger partial charge in [-0.3, -0.25) is 15.0 Å². The molecule has 1 rings (SSSR count). The van der Waals surface area contributed by atoms with E-state index in [9.17, 15) is 13.2 Å². The number of hydrogen-bond acceptors (Lipinski definition) is 6. The lowest BCUT2D eigenvalue weighted by Crippen LogP contribution is -2.59. The lowest BCUT2D eigenvalue weighted by atomic mass is 10.00. The van der Waals surface area contributed by atoms with Crippen LogP contribution in [0.15, 0.2) is 0 Å². The minimum atomic E-state index is -2.94. The van der Waals surface area contributed by atoms with Gasteiger partial charge in [-0.25, -0.2) is 8.42 Å². The van der Waals surface area contributed by atoms with Crippen LogP contribution >= 0.6 is 0 Å². The van der Waals surface area contributed by atoms with Gasteiger partial charge >= 0.3 is 5.97 Å². The molecule has 0 saturated carbocycles. The number of nitrogens with one attached hydrogen (secondary N) is 1. The van der Waals surface area contributed by atoms with Crippen molar-refractivity contribution in [1.82, 2.24) is 10.2 Å². The van der Waals surface area contributed by atoms with Crippen molar-refractivity contribution >= 4 is 15.8 Å². The van der Waals surface area contributed by atoms with Gasteiger partial charge in [0.25, 0.3) is 0 Å². The lowest BCUT2D eigenvalue weighted by molar-refractivity contribution is -0.151. The summed E-state index contributed by atoms with van der Waals surface area (Å²) >= 11 is 0. The molecule has 21 heavy (non-hydrogen) atoms. The first-order chi connectivity index (χ1) is 9.68. The minimum absolute atomic E-state index is 0.134. The first-order valence-corrected chi connectivity index (χ1v) is 9.38. The summed E-state index contributed by atoms with van der Waals surface area (Å²) in [5.41, 5.74) is -0.821. The highest BCUT2D eigenvalue weighted by Gasteiger charge is 2.37. The fourth-order valence-electron chi connectivity index (χ4n) is 2.69. The van der Waals surface area contributed by atoms with Crippen molar-refractivity contribution in [1.29, 1.82) is 0 Å². The van der Waals surface area contributed by atoms with Crippen LogP contribution in [0.25, 0.3) is 0 Å². The Kier molecular flexibility index (Phi) is 6.62. The molecule has 0 aromatic carbocycles. The Labute approximate surface area is 128 Å². The molecule has 124 valence electrons. The van der Waals surface area contributed by atoms with Crippen LogP contribution in [0, 0.1) is 0 Å². The molecule has 0 aromatic heterocycles. The Hall–Kier alpha value is -0.660. The molecule has 1 aliphatic heterocycles. The molecule has 1 unspecified atom stereocenters. The monoisotopic (exact) mass is 320 g/mol. The number of carbonyl (C=O) groups excluding carboxylic acids is 1. The predicted molar refractivity (Wildman–Crippen MR) is 83.0 cm³/mol. The molecule has 0 spiro atoms. The first kappa shape index (κ1) is 18.4. The molecule has 0 aromatic rings. The smallest absolute Gasteiger partial charge is 0.327 e. The van der Waals surface area contributed by atoms with Gasteiger partial charge in [-0.1, -0.05) is 0 Å². The molecule has 1 fully saturated rings. The molecule has 0 aliphatic carbocycles. The van der Waals surface area contributed by atoms with Crippen molar-refractivity contribution in [3.8, 4) is 0 Å². The Morgan fingerprint density at radius 1 is 1.33 bits per heavy atom. The largest absolute Gasteiger partial charge is 0.465 e.